The van der Waals surface area contributed by atoms with E-state index in [2.05, 4.69) is 22.7 Å². The molecule has 21 heavy (non-hydrogen) atoms. The average Bonchev–Trinajstić information content (AvgIpc) is 2.53. The number of nitrogens with two attached hydrogens (primary N) is 1. The Kier molecular flexibility index (Phi) is 3.83. The van der Waals surface area contributed by atoms with Crippen LogP contribution in [-0.4, -0.2) is 10.8 Å². The van der Waals surface area contributed by atoms with Crippen molar-refractivity contribution in [2.45, 2.75) is 12.5 Å². The number of hydrogen-bond donors (Lipinski definition) is 2. The van der Waals surface area contributed by atoms with E-state index in [1.165, 1.54) is 0 Å². The minimum absolute atomic E-state index is 0.0620. The number of rotatable bonds is 2. The van der Waals surface area contributed by atoms with E-state index in [-0.39, 0.29) is 11.2 Å². The molecular weight excluding hydrogens is 282 g/mol. The van der Waals surface area contributed by atoms with Crippen LogP contribution < -0.4 is 15.9 Å². The van der Waals surface area contributed by atoms with E-state index in [0.717, 1.165) is 22.6 Å². The lowest BCUT2D eigenvalue weighted by Crippen LogP contribution is -2.28. The van der Waals surface area contributed by atoms with Crippen molar-refractivity contribution in [3.05, 3.63) is 65.7 Å². The lowest BCUT2D eigenvalue weighted by atomic mass is 9.96. The summed E-state index contributed by atoms with van der Waals surface area (Å²) >= 11 is 4.81. The van der Waals surface area contributed by atoms with Crippen molar-refractivity contribution in [3.8, 4) is 5.75 Å². The average molecular weight is 297 g/mol. The van der Waals surface area contributed by atoms with Crippen molar-refractivity contribution in [2.24, 2.45) is 10.8 Å². The van der Waals surface area contributed by atoms with Crippen LogP contribution in [0.1, 0.15) is 23.7 Å². The summed E-state index contributed by atoms with van der Waals surface area (Å²) in [5, 5.41) is 4.48. The van der Waals surface area contributed by atoms with Crippen LogP contribution in [0.25, 0.3) is 0 Å². The van der Waals surface area contributed by atoms with Crippen LogP contribution in [0.5, 0.6) is 5.75 Å². The second-order valence-electron chi connectivity index (χ2n) is 4.75. The van der Waals surface area contributed by atoms with Gasteiger partial charge in [0.2, 0.25) is 0 Å². The smallest absolute Gasteiger partial charge is 0.184 e. The summed E-state index contributed by atoms with van der Waals surface area (Å²) in [6, 6.07) is 17.9. The summed E-state index contributed by atoms with van der Waals surface area (Å²) in [4.78, 5) is 0. The van der Waals surface area contributed by atoms with Crippen LogP contribution in [-0.2, 0) is 0 Å². The summed E-state index contributed by atoms with van der Waals surface area (Å²) in [5.74, 6) is 0.820. The van der Waals surface area contributed by atoms with Gasteiger partial charge in [0.05, 0.1) is 5.71 Å². The van der Waals surface area contributed by atoms with Crippen molar-refractivity contribution in [2.75, 3.05) is 0 Å². The zero-order valence-corrected chi connectivity index (χ0v) is 12.1. The van der Waals surface area contributed by atoms with Crippen LogP contribution in [0.15, 0.2) is 59.7 Å². The Balaban J connectivity index is 1.96. The molecule has 0 bridgehead atoms. The van der Waals surface area contributed by atoms with E-state index >= 15 is 0 Å². The quantitative estimate of drug-likeness (QED) is 0.661. The first kappa shape index (κ1) is 13.6. The summed E-state index contributed by atoms with van der Waals surface area (Å²) in [6.07, 6.45) is 0.601. The first-order valence-corrected chi connectivity index (χ1v) is 7.08. The van der Waals surface area contributed by atoms with Crippen molar-refractivity contribution >= 4 is 23.0 Å². The monoisotopic (exact) mass is 297 g/mol. The van der Waals surface area contributed by atoms with Crippen LogP contribution >= 0.6 is 12.2 Å². The molecule has 1 unspecified atom stereocenters. The number of nitrogens with one attached hydrogen (secondary N) is 1. The Bertz CT molecular complexity index is 685. The van der Waals surface area contributed by atoms with Gasteiger partial charge in [0.1, 0.15) is 11.9 Å². The molecule has 0 fully saturated rings. The summed E-state index contributed by atoms with van der Waals surface area (Å²) < 4.78 is 6.08. The van der Waals surface area contributed by atoms with Gasteiger partial charge in [-0.15, -0.1) is 0 Å². The molecule has 2 aromatic rings. The normalized spacial score (nSPS) is 18.7. The van der Waals surface area contributed by atoms with Crippen molar-refractivity contribution < 1.29 is 4.74 Å². The Hall–Kier alpha value is -2.40. The van der Waals surface area contributed by atoms with Gasteiger partial charge in [-0.3, -0.25) is 5.43 Å². The van der Waals surface area contributed by atoms with E-state index in [1.807, 2.05) is 42.5 Å². The molecule has 3 N–H and O–H groups in total. The molecule has 0 saturated carbocycles. The zero-order chi connectivity index (χ0) is 14.7. The maximum Gasteiger partial charge on any atom is 0.184 e. The predicted molar refractivity (Wildman–Crippen MR) is 87.3 cm³/mol. The van der Waals surface area contributed by atoms with Crippen molar-refractivity contribution in [1.29, 1.82) is 0 Å². The molecule has 0 aliphatic carbocycles. The Morgan fingerprint density at radius 3 is 2.62 bits per heavy atom. The van der Waals surface area contributed by atoms with Gasteiger partial charge in [-0.05, 0) is 29.9 Å². The number of hydrazone groups is 1. The van der Waals surface area contributed by atoms with E-state index in [9.17, 15) is 0 Å². The fourth-order valence-corrected chi connectivity index (χ4v) is 2.42. The van der Waals surface area contributed by atoms with Gasteiger partial charge in [-0.25, -0.2) is 0 Å². The number of ether oxygens (including phenoxy) is 1. The van der Waals surface area contributed by atoms with Crippen LogP contribution in [0.2, 0.25) is 0 Å². The minimum atomic E-state index is -0.0620. The summed E-state index contributed by atoms with van der Waals surface area (Å²) in [7, 11) is 0. The third-order valence-corrected chi connectivity index (χ3v) is 3.41. The molecule has 1 atom stereocenters. The molecule has 3 rings (SSSR count). The second kappa shape index (κ2) is 5.93. The number of benzene rings is 2. The lowest BCUT2D eigenvalue weighted by molar-refractivity contribution is 0.206. The van der Waals surface area contributed by atoms with Crippen molar-refractivity contribution in [3.63, 3.8) is 0 Å². The van der Waals surface area contributed by atoms with Crippen LogP contribution in [0.4, 0.5) is 0 Å². The van der Waals surface area contributed by atoms with E-state index < -0.39 is 0 Å². The number of hydrogen-bond acceptors (Lipinski definition) is 3. The number of fused-ring (bicyclic) bond motifs is 1. The molecule has 0 spiro atoms. The highest BCUT2D eigenvalue weighted by Gasteiger charge is 2.25. The molecule has 1 heterocycles. The zero-order valence-electron chi connectivity index (χ0n) is 11.3. The largest absolute Gasteiger partial charge is 0.485 e. The van der Waals surface area contributed by atoms with Gasteiger partial charge in [0.25, 0.3) is 0 Å². The highest BCUT2D eigenvalue weighted by Crippen LogP contribution is 2.34. The SMILES string of the molecule is NC(=S)NN=C1CC(c2ccccc2)Oc2ccccc21. The first-order chi connectivity index (χ1) is 10.2. The highest BCUT2D eigenvalue weighted by atomic mass is 32.1. The molecule has 106 valence electrons. The van der Waals surface area contributed by atoms with Gasteiger partial charge in [0, 0.05) is 12.0 Å². The van der Waals surface area contributed by atoms with E-state index in [0.29, 0.717) is 6.42 Å². The van der Waals surface area contributed by atoms with Crippen molar-refractivity contribution in [1.82, 2.24) is 5.43 Å². The lowest BCUT2D eigenvalue weighted by Gasteiger charge is -2.27. The number of thiocarbonyl (C=S) groups is 1. The Morgan fingerprint density at radius 2 is 1.86 bits per heavy atom. The molecule has 5 heteroatoms. The van der Waals surface area contributed by atoms with E-state index in [4.69, 9.17) is 22.7 Å². The third-order valence-electron chi connectivity index (χ3n) is 3.32. The second-order valence-corrected chi connectivity index (χ2v) is 5.19. The van der Waals surface area contributed by atoms with E-state index in [1.54, 1.807) is 0 Å². The molecule has 0 saturated heterocycles. The van der Waals surface area contributed by atoms with Gasteiger partial charge in [-0.2, -0.15) is 5.10 Å². The summed E-state index contributed by atoms with van der Waals surface area (Å²) in [5.41, 5.74) is 11.1. The third kappa shape index (κ3) is 3.03. The fourth-order valence-electron chi connectivity index (χ4n) is 2.37. The van der Waals surface area contributed by atoms with Gasteiger partial charge >= 0.3 is 0 Å². The van der Waals surface area contributed by atoms with Crippen LogP contribution in [0.3, 0.4) is 0 Å². The first-order valence-electron chi connectivity index (χ1n) is 6.67. The standard InChI is InChI=1S/C16H15N3OS/c17-16(21)19-18-13-10-15(11-6-2-1-3-7-11)20-14-9-5-4-8-12(13)14/h1-9,15H,10H2,(H3,17,19,21). The fraction of sp³-hybridized carbons (Fsp3) is 0.125. The molecular formula is C16H15N3OS. The maximum atomic E-state index is 6.08. The Morgan fingerprint density at radius 1 is 1.14 bits per heavy atom. The predicted octanol–water partition coefficient (Wildman–Crippen LogP) is 2.75. The highest BCUT2D eigenvalue weighted by molar-refractivity contribution is 7.80. The van der Waals surface area contributed by atoms with Gasteiger partial charge in [-0.1, -0.05) is 42.5 Å². The molecule has 0 aromatic heterocycles. The molecule has 0 radical (unpaired) electrons. The number of nitrogens with zero attached hydrogens (tertiary/aromatic N) is 1. The minimum Gasteiger partial charge on any atom is -0.485 e. The maximum absolute atomic E-state index is 6.08. The molecule has 1 aliphatic heterocycles. The van der Waals surface area contributed by atoms with Gasteiger partial charge in [0.15, 0.2) is 5.11 Å². The number of para-hydroxylation sites is 1. The summed E-state index contributed by atoms with van der Waals surface area (Å²) in [6.45, 7) is 0. The molecule has 0 amide bonds. The van der Waals surface area contributed by atoms with Gasteiger partial charge < -0.3 is 10.5 Å². The molecule has 4 nitrogen and oxygen atoms in total. The molecule has 2 aromatic carbocycles. The Labute approximate surface area is 128 Å². The van der Waals surface area contributed by atoms with Crippen LogP contribution in [0, 0.1) is 0 Å². The topological polar surface area (TPSA) is 59.6 Å². The molecule has 1 aliphatic rings.